The van der Waals surface area contributed by atoms with Crippen LogP contribution >= 0.6 is 15.9 Å². The average molecular weight is 246 g/mol. The lowest BCUT2D eigenvalue weighted by Crippen LogP contribution is -2.06. The van der Waals surface area contributed by atoms with Gasteiger partial charge in [-0.25, -0.2) is 0 Å². The van der Waals surface area contributed by atoms with Crippen LogP contribution in [-0.4, -0.2) is 16.8 Å². The maximum absolute atomic E-state index is 9.55. The SMILES string of the molecule is NCC[C@@H](O)c1ccc(O)c(Br)c1. The molecule has 0 saturated heterocycles. The molecule has 0 unspecified atom stereocenters. The quantitative estimate of drug-likeness (QED) is 0.757. The zero-order valence-corrected chi connectivity index (χ0v) is 8.66. The Morgan fingerprint density at radius 1 is 1.46 bits per heavy atom. The monoisotopic (exact) mass is 245 g/mol. The van der Waals surface area contributed by atoms with Gasteiger partial charge in [0.05, 0.1) is 10.6 Å². The Morgan fingerprint density at radius 2 is 2.15 bits per heavy atom. The van der Waals surface area contributed by atoms with Gasteiger partial charge >= 0.3 is 0 Å². The van der Waals surface area contributed by atoms with Gasteiger partial charge in [0.2, 0.25) is 0 Å². The van der Waals surface area contributed by atoms with Gasteiger partial charge in [-0.15, -0.1) is 0 Å². The summed E-state index contributed by atoms with van der Waals surface area (Å²) in [7, 11) is 0. The minimum absolute atomic E-state index is 0.170. The van der Waals surface area contributed by atoms with Gasteiger partial charge in [0.1, 0.15) is 5.75 Å². The molecular formula is C9H12BrNO2. The van der Waals surface area contributed by atoms with E-state index in [1.807, 2.05) is 0 Å². The van der Waals surface area contributed by atoms with Crippen LogP contribution < -0.4 is 5.73 Å². The zero-order valence-electron chi connectivity index (χ0n) is 7.07. The molecule has 0 saturated carbocycles. The fraction of sp³-hybridized carbons (Fsp3) is 0.333. The second kappa shape index (κ2) is 4.60. The number of phenols is 1. The van der Waals surface area contributed by atoms with Crippen molar-refractivity contribution in [2.45, 2.75) is 12.5 Å². The first-order valence-electron chi connectivity index (χ1n) is 4.01. The Hall–Kier alpha value is -0.580. The summed E-state index contributed by atoms with van der Waals surface area (Å²) in [6.45, 7) is 0.444. The number of halogens is 1. The molecule has 0 aromatic heterocycles. The predicted octanol–water partition coefficient (Wildman–Crippen LogP) is 1.54. The summed E-state index contributed by atoms with van der Waals surface area (Å²) >= 11 is 3.17. The van der Waals surface area contributed by atoms with Crippen molar-refractivity contribution in [3.05, 3.63) is 28.2 Å². The Labute approximate surface area is 85.3 Å². The largest absolute Gasteiger partial charge is 0.507 e. The van der Waals surface area contributed by atoms with Gasteiger partial charge in [0.25, 0.3) is 0 Å². The molecule has 1 aromatic carbocycles. The Kier molecular flexibility index (Phi) is 3.71. The average Bonchev–Trinajstić information content (AvgIpc) is 2.10. The standard InChI is InChI=1S/C9H12BrNO2/c10-7-5-6(1-2-9(7)13)8(12)3-4-11/h1-2,5,8,12-13H,3-4,11H2/t8-/m1/s1. The van der Waals surface area contributed by atoms with E-state index in [0.717, 1.165) is 5.56 Å². The number of aliphatic hydroxyl groups is 1. The van der Waals surface area contributed by atoms with Crippen LogP contribution in [-0.2, 0) is 0 Å². The van der Waals surface area contributed by atoms with Crippen molar-refractivity contribution in [1.82, 2.24) is 0 Å². The molecule has 0 aliphatic carbocycles. The van der Waals surface area contributed by atoms with Gasteiger partial charge in [-0.05, 0) is 46.6 Å². The van der Waals surface area contributed by atoms with Crippen molar-refractivity contribution in [3.63, 3.8) is 0 Å². The van der Waals surface area contributed by atoms with Gasteiger partial charge in [0, 0.05) is 0 Å². The van der Waals surface area contributed by atoms with Gasteiger partial charge < -0.3 is 15.9 Å². The highest BCUT2D eigenvalue weighted by atomic mass is 79.9. The van der Waals surface area contributed by atoms with E-state index in [-0.39, 0.29) is 5.75 Å². The summed E-state index contributed by atoms with van der Waals surface area (Å²) in [4.78, 5) is 0. The number of rotatable bonds is 3. The molecule has 0 aliphatic heterocycles. The predicted molar refractivity (Wildman–Crippen MR) is 54.4 cm³/mol. The van der Waals surface area contributed by atoms with Crippen molar-refractivity contribution in [1.29, 1.82) is 0 Å². The summed E-state index contributed by atoms with van der Waals surface area (Å²) < 4.78 is 0.584. The molecule has 0 amide bonds. The van der Waals surface area contributed by atoms with Crippen LogP contribution in [0.2, 0.25) is 0 Å². The third kappa shape index (κ3) is 2.69. The number of aromatic hydroxyl groups is 1. The van der Waals surface area contributed by atoms with Gasteiger partial charge in [0.15, 0.2) is 0 Å². The number of nitrogens with two attached hydrogens (primary N) is 1. The van der Waals surface area contributed by atoms with E-state index < -0.39 is 6.10 Å². The lowest BCUT2D eigenvalue weighted by atomic mass is 10.1. The van der Waals surface area contributed by atoms with Gasteiger partial charge in [-0.1, -0.05) is 6.07 Å². The minimum atomic E-state index is -0.554. The smallest absolute Gasteiger partial charge is 0.129 e. The molecule has 0 spiro atoms. The molecule has 4 heteroatoms. The van der Waals surface area contributed by atoms with Crippen LogP contribution in [0.3, 0.4) is 0 Å². The molecule has 0 heterocycles. The van der Waals surface area contributed by atoms with Gasteiger partial charge in [-0.3, -0.25) is 0 Å². The third-order valence-corrected chi connectivity index (χ3v) is 2.43. The van der Waals surface area contributed by atoms with Crippen molar-refractivity contribution in [2.75, 3.05) is 6.54 Å². The van der Waals surface area contributed by atoms with Crippen molar-refractivity contribution in [2.24, 2.45) is 5.73 Å². The van der Waals surface area contributed by atoms with Crippen molar-refractivity contribution in [3.8, 4) is 5.75 Å². The van der Waals surface area contributed by atoms with E-state index >= 15 is 0 Å². The molecule has 0 radical (unpaired) electrons. The number of hydrogen-bond acceptors (Lipinski definition) is 3. The molecule has 13 heavy (non-hydrogen) atoms. The topological polar surface area (TPSA) is 66.5 Å². The zero-order chi connectivity index (χ0) is 9.84. The Bertz CT molecular complexity index is 291. The molecule has 0 bridgehead atoms. The number of hydrogen-bond donors (Lipinski definition) is 3. The Morgan fingerprint density at radius 3 is 2.69 bits per heavy atom. The molecule has 4 N–H and O–H groups in total. The van der Waals surface area contributed by atoms with Gasteiger partial charge in [-0.2, -0.15) is 0 Å². The fourth-order valence-corrected chi connectivity index (χ4v) is 1.45. The first-order chi connectivity index (χ1) is 6.15. The molecule has 72 valence electrons. The molecule has 1 rings (SSSR count). The van der Waals surface area contributed by atoms with E-state index in [9.17, 15) is 10.2 Å². The number of benzene rings is 1. The van der Waals surface area contributed by atoms with Crippen LogP contribution in [0.5, 0.6) is 5.75 Å². The van der Waals surface area contributed by atoms with E-state index in [1.54, 1.807) is 18.2 Å². The van der Waals surface area contributed by atoms with Crippen LogP contribution in [0.1, 0.15) is 18.1 Å². The summed E-state index contributed by atoms with van der Waals surface area (Å²) in [5, 5.41) is 18.8. The van der Waals surface area contributed by atoms with Crippen LogP contribution in [0, 0.1) is 0 Å². The third-order valence-electron chi connectivity index (χ3n) is 1.80. The Balaban J connectivity index is 2.84. The van der Waals surface area contributed by atoms with Crippen molar-refractivity contribution >= 4 is 15.9 Å². The molecule has 1 aromatic rings. The normalized spacial score (nSPS) is 12.8. The number of phenolic OH excluding ortho intramolecular Hbond substituents is 1. The summed E-state index contributed by atoms with van der Waals surface area (Å²) in [6, 6.07) is 4.91. The highest BCUT2D eigenvalue weighted by Crippen LogP contribution is 2.27. The first-order valence-corrected chi connectivity index (χ1v) is 4.81. The molecule has 0 aliphatic rings. The maximum Gasteiger partial charge on any atom is 0.129 e. The minimum Gasteiger partial charge on any atom is -0.507 e. The van der Waals surface area contributed by atoms with Crippen LogP contribution in [0.25, 0.3) is 0 Å². The van der Waals surface area contributed by atoms with E-state index in [2.05, 4.69) is 15.9 Å². The molecule has 1 atom stereocenters. The van der Waals surface area contributed by atoms with Crippen molar-refractivity contribution < 1.29 is 10.2 Å². The highest BCUT2D eigenvalue weighted by molar-refractivity contribution is 9.10. The van der Waals surface area contributed by atoms with Crippen LogP contribution in [0.15, 0.2) is 22.7 Å². The van der Waals surface area contributed by atoms with E-state index in [1.165, 1.54) is 0 Å². The van der Waals surface area contributed by atoms with E-state index in [0.29, 0.717) is 17.4 Å². The van der Waals surface area contributed by atoms with E-state index in [4.69, 9.17) is 5.73 Å². The lowest BCUT2D eigenvalue weighted by molar-refractivity contribution is 0.170. The second-order valence-corrected chi connectivity index (χ2v) is 3.66. The highest BCUT2D eigenvalue weighted by Gasteiger charge is 2.07. The summed E-state index contributed by atoms with van der Waals surface area (Å²) in [6.07, 6.45) is -0.0288. The number of aliphatic hydroxyl groups excluding tert-OH is 1. The second-order valence-electron chi connectivity index (χ2n) is 2.80. The summed E-state index contributed by atoms with van der Waals surface area (Å²) in [5.74, 6) is 0.170. The fourth-order valence-electron chi connectivity index (χ4n) is 1.05. The maximum atomic E-state index is 9.55. The molecule has 0 fully saturated rings. The molecular weight excluding hydrogens is 234 g/mol. The first kappa shape index (κ1) is 10.5. The summed E-state index contributed by atoms with van der Waals surface area (Å²) in [5.41, 5.74) is 6.07. The van der Waals surface area contributed by atoms with Crippen LogP contribution in [0.4, 0.5) is 0 Å². The molecule has 3 nitrogen and oxygen atoms in total. The lowest BCUT2D eigenvalue weighted by Gasteiger charge is -2.10.